The van der Waals surface area contributed by atoms with Gasteiger partial charge in [-0.1, -0.05) is 37.3 Å². The number of hydrogen-bond acceptors (Lipinski definition) is 2. The van der Waals surface area contributed by atoms with Crippen molar-refractivity contribution in [2.45, 2.75) is 18.8 Å². The van der Waals surface area contributed by atoms with Crippen LogP contribution in [0.3, 0.4) is 0 Å². The highest BCUT2D eigenvalue weighted by Gasteiger charge is 2.46. The minimum Gasteiger partial charge on any atom is -0.353 e. The van der Waals surface area contributed by atoms with Gasteiger partial charge in [0.1, 0.15) is 0 Å². The molecule has 0 spiro atoms. The molecule has 0 aromatic heterocycles. The van der Waals surface area contributed by atoms with Crippen LogP contribution in [0.5, 0.6) is 0 Å². The number of carbonyl (C=O) groups excluding carboxylic acids is 2. The summed E-state index contributed by atoms with van der Waals surface area (Å²) >= 11 is 0. The van der Waals surface area contributed by atoms with E-state index >= 15 is 0 Å². The molecule has 1 aliphatic rings. The van der Waals surface area contributed by atoms with E-state index in [1.54, 1.807) is 0 Å². The Labute approximate surface area is 100 Å². The molecule has 1 aromatic rings. The lowest BCUT2D eigenvalue weighted by atomic mass is 9.76. The highest BCUT2D eigenvalue weighted by Crippen LogP contribution is 2.29. The normalized spacial score (nSPS) is 19.1. The lowest BCUT2D eigenvalue weighted by Gasteiger charge is -2.28. The van der Waals surface area contributed by atoms with E-state index < -0.39 is 5.41 Å². The molecule has 17 heavy (non-hydrogen) atoms. The lowest BCUT2D eigenvalue weighted by molar-refractivity contribution is -0.136. The molecule has 1 aliphatic heterocycles. The van der Waals surface area contributed by atoms with E-state index in [-0.39, 0.29) is 11.8 Å². The van der Waals surface area contributed by atoms with Crippen LogP contribution in [0.15, 0.2) is 30.3 Å². The molecule has 2 rings (SSSR count). The van der Waals surface area contributed by atoms with E-state index in [9.17, 15) is 9.59 Å². The summed E-state index contributed by atoms with van der Waals surface area (Å²) in [6.07, 6.45) is 0.453. The molecule has 1 saturated heterocycles. The van der Waals surface area contributed by atoms with Crippen LogP contribution in [0.4, 0.5) is 0 Å². The monoisotopic (exact) mass is 232 g/mol. The quantitative estimate of drug-likeness (QED) is 0.733. The smallest absolute Gasteiger partial charge is 0.240 e. The van der Waals surface area contributed by atoms with Crippen LogP contribution < -0.4 is 10.6 Å². The molecule has 1 fully saturated rings. The summed E-state index contributed by atoms with van der Waals surface area (Å²) in [4.78, 5) is 24.4. The molecular formula is C13H16N2O2. The molecule has 2 N–H and O–H groups in total. The van der Waals surface area contributed by atoms with Crippen molar-refractivity contribution in [3.8, 4) is 0 Å². The molecule has 0 saturated carbocycles. The van der Waals surface area contributed by atoms with E-state index in [0.717, 1.165) is 5.56 Å². The first-order valence-corrected chi connectivity index (χ1v) is 5.84. The maximum Gasteiger partial charge on any atom is 0.240 e. The van der Waals surface area contributed by atoms with Crippen molar-refractivity contribution in [2.24, 2.45) is 0 Å². The summed E-state index contributed by atoms with van der Waals surface area (Å²) in [5, 5.41) is 5.59. The molecule has 4 nitrogen and oxygen atoms in total. The Morgan fingerprint density at radius 1 is 1.06 bits per heavy atom. The molecule has 4 heteroatoms. The first-order chi connectivity index (χ1) is 8.21. The van der Waals surface area contributed by atoms with Gasteiger partial charge in [-0.05, 0) is 12.0 Å². The fourth-order valence-corrected chi connectivity index (χ4v) is 2.27. The van der Waals surface area contributed by atoms with Crippen LogP contribution in [-0.2, 0) is 15.0 Å². The van der Waals surface area contributed by atoms with Crippen LogP contribution in [0, 0.1) is 0 Å². The number of amides is 2. The molecule has 90 valence electrons. The third kappa shape index (κ3) is 1.79. The second-order valence-corrected chi connectivity index (χ2v) is 4.14. The Hall–Kier alpha value is -1.84. The highest BCUT2D eigenvalue weighted by atomic mass is 16.2. The fourth-order valence-electron chi connectivity index (χ4n) is 2.27. The Balaban J connectivity index is 2.53. The Kier molecular flexibility index (Phi) is 3.13. The van der Waals surface area contributed by atoms with Gasteiger partial charge in [0, 0.05) is 13.1 Å². The van der Waals surface area contributed by atoms with Gasteiger partial charge < -0.3 is 10.6 Å². The van der Waals surface area contributed by atoms with Crippen LogP contribution in [0.25, 0.3) is 0 Å². The van der Waals surface area contributed by atoms with Crippen molar-refractivity contribution in [2.75, 3.05) is 13.1 Å². The van der Waals surface area contributed by atoms with E-state index in [4.69, 9.17) is 0 Å². The number of nitrogens with one attached hydrogen (secondary N) is 2. The van der Waals surface area contributed by atoms with Crippen molar-refractivity contribution in [3.63, 3.8) is 0 Å². The number of hydrogen-bond donors (Lipinski definition) is 2. The Bertz CT molecular complexity index is 410. The summed E-state index contributed by atoms with van der Waals surface area (Å²) in [5.41, 5.74) is -0.336. The molecule has 0 atom stereocenters. The van der Waals surface area contributed by atoms with Gasteiger partial charge >= 0.3 is 0 Å². The van der Waals surface area contributed by atoms with Gasteiger partial charge in [0.05, 0.1) is 0 Å². The second kappa shape index (κ2) is 4.57. The van der Waals surface area contributed by atoms with E-state index in [1.807, 2.05) is 37.3 Å². The van der Waals surface area contributed by atoms with Gasteiger partial charge in [0.2, 0.25) is 11.8 Å². The molecule has 0 unspecified atom stereocenters. The number of carbonyl (C=O) groups is 2. The minimum atomic E-state index is -1.09. The summed E-state index contributed by atoms with van der Waals surface area (Å²) in [6.45, 7) is 2.83. The third-order valence-electron chi connectivity index (χ3n) is 3.27. The summed E-state index contributed by atoms with van der Waals surface area (Å²) in [6, 6.07) is 9.22. The molecule has 0 radical (unpaired) electrons. The maximum absolute atomic E-state index is 12.2. The summed E-state index contributed by atoms with van der Waals surface area (Å²) < 4.78 is 0. The largest absolute Gasteiger partial charge is 0.353 e. The fraction of sp³-hybridized carbons (Fsp3) is 0.385. The first kappa shape index (κ1) is 11.6. The Morgan fingerprint density at radius 3 is 2.06 bits per heavy atom. The first-order valence-electron chi connectivity index (χ1n) is 5.84. The van der Waals surface area contributed by atoms with Crippen LogP contribution in [0.1, 0.15) is 18.9 Å². The zero-order chi connectivity index (χ0) is 12.3. The van der Waals surface area contributed by atoms with Gasteiger partial charge in [-0.3, -0.25) is 9.59 Å². The topological polar surface area (TPSA) is 58.2 Å². The third-order valence-corrected chi connectivity index (χ3v) is 3.27. The lowest BCUT2D eigenvalue weighted by Crippen LogP contribution is -2.50. The van der Waals surface area contributed by atoms with Crippen molar-refractivity contribution in [1.82, 2.24) is 10.6 Å². The van der Waals surface area contributed by atoms with Crippen molar-refractivity contribution in [3.05, 3.63) is 35.9 Å². The van der Waals surface area contributed by atoms with Gasteiger partial charge in [-0.25, -0.2) is 0 Å². The van der Waals surface area contributed by atoms with E-state index in [1.165, 1.54) is 0 Å². The standard InChI is InChI=1S/C13H16N2O2/c1-2-13(10-6-4-3-5-7-10)11(16)14-8-9-15-12(13)17/h3-7H,2,8-9H2,1H3,(H,14,16)(H,15,17). The summed E-state index contributed by atoms with van der Waals surface area (Å²) in [5.74, 6) is -0.414. The number of benzene rings is 1. The van der Waals surface area contributed by atoms with Crippen LogP contribution >= 0.6 is 0 Å². The maximum atomic E-state index is 12.2. The van der Waals surface area contributed by atoms with Crippen molar-refractivity contribution < 1.29 is 9.59 Å². The molecule has 2 amide bonds. The molecule has 0 aliphatic carbocycles. The zero-order valence-electron chi connectivity index (χ0n) is 9.82. The van der Waals surface area contributed by atoms with Gasteiger partial charge in [-0.2, -0.15) is 0 Å². The predicted octanol–water partition coefficient (Wildman–Crippen LogP) is 0.580. The van der Waals surface area contributed by atoms with Crippen LogP contribution in [-0.4, -0.2) is 24.9 Å². The molecule has 1 heterocycles. The van der Waals surface area contributed by atoms with Crippen molar-refractivity contribution in [1.29, 1.82) is 0 Å². The average Bonchev–Trinajstić information content (AvgIpc) is 2.51. The van der Waals surface area contributed by atoms with Gasteiger partial charge in [0.25, 0.3) is 0 Å². The van der Waals surface area contributed by atoms with E-state index in [2.05, 4.69) is 10.6 Å². The Morgan fingerprint density at radius 2 is 1.59 bits per heavy atom. The van der Waals surface area contributed by atoms with Gasteiger partial charge in [0.15, 0.2) is 5.41 Å². The molecule has 1 aromatic carbocycles. The summed E-state index contributed by atoms with van der Waals surface area (Å²) in [7, 11) is 0. The van der Waals surface area contributed by atoms with E-state index in [0.29, 0.717) is 19.5 Å². The predicted molar refractivity (Wildman–Crippen MR) is 64.4 cm³/mol. The second-order valence-electron chi connectivity index (χ2n) is 4.14. The zero-order valence-corrected chi connectivity index (χ0v) is 9.82. The van der Waals surface area contributed by atoms with Gasteiger partial charge in [-0.15, -0.1) is 0 Å². The highest BCUT2D eigenvalue weighted by molar-refractivity contribution is 6.11. The molecular weight excluding hydrogens is 216 g/mol. The van der Waals surface area contributed by atoms with Crippen LogP contribution in [0.2, 0.25) is 0 Å². The SMILES string of the molecule is CCC1(c2ccccc2)C(=O)NCCNC1=O. The average molecular weight is 232 g/mol. The number of rotatable bonds is 2. The molecule has 0 bridgehead atoms. The van der Waals surface area contributed by atoms with Crippen molar-refractivity contribution >= 4 is 11.8 Å². The minimum absolute atomic E-state index is 0.207.